The molecule has 0 aliphatic rings. The van der Waals surface area contributed by atoms with Crippen LogP contribution < -0.4 is 4.74 Å². The van der Waals surface area contributed by atoms with Crippen LogP contribution in [-0.4, -0.2) is 36.8 Å². The number of esters is 2. The standard InChI is InChI=1S/C20H11F2I3O7S/c21-20(22,33(28,29)30)9-31-18(26)13-5-1-4-12-11(13)3-2-6-14(12)19(27)32-17-15(24)7-10(23)8-16(17)25/h1-8H,9H2,(H,28,29,30). The Morgan fingerprint density at radius 2 is 1.39 bits per heavy atom. The van der Waals surface area contributed by atoms with Gasteiger partial charge in [0.05, 0.1) is 18.3 Å². The van der Waals surface area contributed by atoms with Crippen molar-refractivity contribution in [3.63, 3.8) is 0 Å². The molecule has 0 bridgehead atoms. The molecule has 0 radical (unpaired) electrons. The van der Waals surface area contributed by atoms with Crippen LogP contribution in [0.5, 0.6) is 5.75 Å². The molecule has 1 N–H and O–H groups in total. The fourth-order valence-corrected chi connectivity index (χ4v) is 6.75. The van der Waals surface area contributed by atoms with E-state index in [1.807, 2.05) is 57.3 Å². The van der Waals surface area contributed by atoms with E-state index in [9.17, 15) is 26.8 Å². The first-order valence-electron chi connectivity index (χ1n) is 8.72. The van der Waals surface area contributed by atoms with Gasteiger partial charge in [0.15, 0.2) is 12.4 Å². The van der Waals surface area contributed by atoms with Crippen LogP contribution in [0, 0.1) is 10.7 Å². The predicted molar refractivity (Wildman–Crippen MR) is 140 cm³/mol. The monoisotopic (exact) mass is 814 g/mol. The number of hydrogen-bond acceptors (Lipinski definition) is 6. The summed E-state index contributed by atoms with van der Waals surface area (Å²) in [6.07, 6.45) is 0. The third kappa shape index (κ3) is 5.91. The minimum atomic E-state index is -5.75. The van der Waals surface area contributed by atoms with E-state index in [-0.39, 0.29) is 16.5 Å². The van der Waals surface area contributed by atoms with Gasteiger partial charge < -0.3 is 9.47 Å². The van der Waals surface area contributed by atoms with Gasteiger partial charge in [-0.25, -0.2) is 9.59 Å². The fraction of sp³-hybridized carbons (Fsp3) is 0.100. The summed E-state index contributed by atoms with van der Waals surface area (Å²) in [5.74, 6) is -1.57. The molecule has 0 unspecified atom stereocenters. The summed E-state index contributed by atoms with van der Waals surface area (Å²) in [5.41, 5.74) is -0.0534. The molecule has 0 heterocycles. The number of ether oxygens (including phenoxy) is 2. The fourth-order valence-electron chi connectivity index (χ4n) is 2.74. The summed E-state index contributed by atoms with van der Waals surface area (Å²) in [6.45, 7) is -1.87. The van der Waals surface area contributed by atoms with Crippen molar-refractivity contribution in [1.29, 1.82) is 0 Å². The smallest absolute Gasteiger partial charge is 0.402 e. The molecule has 0 fully saturated rings. The number of carbonyl (C=O) groups is 2. The molecule has 0 amide bonds. The van der Waals surface area contributed by atoms with E-state index in [1.165, 1.54) is 30.3 Å². The van der Waals surface area contributed by atoms with Crippen molar-refractivity contribution in [2.24, 2.45) is 0 Å². The summed E-state index contributed by atoms with van der Waals surface area (Å²) >= 11 is 6.24. The van der Waals surface area contributed by atoms with Gasteiger partial charge in [0.2, 0.25) is 0 Å². The summed E-state index contributed by atoms with van der Waals surface area (Å²) in [5, 5.41) is -4.16. The molecule has 174 valence electrons. The molecule has 7 nitrogen and oxygen atoms in total. The zero-order chi connectivity index (χ0) is 24.6. The Balaban J connectivity index is 1.94. The molecule has 3 aromatic carbocycles. The Morgan fingerprint density at radius 3 is 1.88 bits per heavy atom. The largest absolute Gasteiger partial charge is 0.454 e. The van der Waals surface area contributed by atoms with Crippen LogP contribution in [0.1, 0.15) is 20.7 Å². The van der Waals surface area contributed by atoms with E-state index in [0.717, 1.165) is 10.7 Å². The Hall–Kier alpha value is -1.18. The topological polar surface area (TPSA) is 107 Å². The summed E-state index contributed by atoms with van der Waals surface area (Å²) in [4.78, 5) is 25.3. The molecule has 3 rings (SSSR count). The van der Waals surface area contributed by atoms with Gasteiger partial charge >= 0.3 is 27.3 Å². The van der Waals surface area contributed by atoms with Crippen molar-refractivity contribution in [3.8, 4) is 5.75 Å². The molecule has 13 heteroatoms. The van der Waals surface area contributed by atoms with E-state index < -0.39 is 33.9 Å². The van der Waals surface area contributed by atoms with Gasteiger partial charge in [-0.2, -0.15) is 17.2 Å². The lowest BCUT2D eigenvalue weighted by atomic mass is 10.00. The van der Waals surface area contributed by atoms with Crippen LogP contribution in [0.15, 0.2) is 48.5 Å². The van der Waals surface area contributed by atoms with Crippen LogP contribution >= 0.6 is 67.8 Å². The van der Waals surface area contributed by atoms with Gasteiger partial charge in [-0.05, 0) is 103 Å². The minimum Gasteiger partial charge on any atom is -0.454 e. The molecule has 0 aromatic heterocycles. The number of rotatable bonds is 6. The maximum Gasteiger partial charge on any atom is 0.402 e. The lowest BCUT2D eigenvalue weighted by Crippen LogP contribution is -2.34. The van der Waals surface area contributed by atoms with Crippen LogP contribution in [-0.2, 0) is 14.9 Å². The molecule has 0 saturated carbocycles. The number of carbonyl (C=O) groups excluding carboxylic acids is 2. The Bertz CT molecular complexity index is 1350. The second kappa shape index (κ2) is 10.2. The first-order valence-corrected chi connectivity index (χ1v) is 13.4. The average molecular weight is 814 g/mol. The van der Waals surface area contributed by atoms with Crippen LogP contribution in [0.3, 0.4) is 0 Å². The van der Waals surface area contributed by atoms with E-state index in [1.54, 1.807) is 6.07 Å². The van der Waals surface area contributed by atoms with Crippen LogP contribution in [0.25, 0.3) is 10.8 Å². The maximum absolute atomic E-state index is 13.4. The molecular weight excluding hydrogens is 803 g/mol. The van der Waals surface area contributed by atoms with Gasteiger partial charge in [0, 0.05) is 3.57 Å². The van der Waals surface area contributed by atoms with Crippen molar-refractivity contribution in [2.45, 2.75) is 5.25 Å². The van der Waals surface area contributed by atoms with Crippen molar-refractivity contribution in [1.82, 2.24) is 0 Å². The predicted octanol–water partition coefficient (Wildman–Crippen LogP) is 5.51. The zero-order valence-corrected chi connectivity index (χ0v) is 23.3. The number of hydrogen-bond donors (Lipinski definition) is 1. The number of alkyl halides is 2. The summed E-state index contributed by atoms with van der Waals surface area (Å²) in [7, 11) is -5.75. The summed E-state index contributed by atoms with van der Waals surface area (Å²) in [6, 6.07) is 12.3. The number of fused-ring (bicyclic) bond motifs is 1. The number of halogens is 5. The van der Waals surface area contributed by atoms with Gasteiger partial charge in [-0.1, -0.05) is 24.3 Å². The second-order valence-electron chi connectivity index (χ2n) is 6.48. The highest BCUT2D eigenvalue weighted by atomic mass is 127. The lowest BCUT2D eigenvalue weighted by Gasteiger charge is -2.14. The van der Waals surface area contributed by atoms with Crippen molar-refractivity contribution in [2.75, 3.05) is 6.61 Å². The second-order valence-corrected chi connectivity index (χ2v) is 11.6. The zero-order valence-electron chi connectivity index (χ0n) is 16.0. The third-order valence-corrected chi connectivity index (χ3v) is 7.37. The Morgan fingerprint density at radius 1 is 0.909 bits per heavy atom. The quantitative estimate of drug-likeness (QED) is 0.152. The van der Waals surface area contributed by atoms with Gasteiger partial charge in [-0.15, -0.1) is 0 Å². The molecule has 0 aliphatic heterocycles. The van der Waals surface area contributed by atoms with Gasteiger partial charge in [0.25, 0.3) is 0 Å². The van der Waals surface area contributed by atoms with E-state index >= 15 is 0 Å². The third-order valence-electron chi connectivity index (χ3n) is 4.27. The van der Waals surface area contributed by atoms with Gasteiger partial charge in [-0.3, -0.25) is 4.55 Å². The average Bonchev–Trinajstić information content (AvgIpc) is 2.72. The molecule has 0 atom stereocenters. The highest BCUT2D eigenvalue weighted by molar-refractivity contribution is 14.1. The first kappa shape index (κ1) is 26.4. The van der Waals surface area contributed by atoms with Crippen molar-refractivity contribution < 1.29 is 40.8 Å². The summed E-state index contributed by atoms with van der Waals surface area (Å²) < 4.78 is 69.2. The molecular formula is C20H11F2I3O7S. The van der Waals surface area contributed by atoms with Crippen molar-refractivity contribution >= 4 is 101 Å². The first-order chi connectivity index (χ1) is 15.3. The van der Waals surface area contributed by atoms with E-state index in [4.69, 9.17) is 9.29 Å². The highest BCUT2D eigenvalue weighted by Crippen LogP contribution is 2.31. The maximum atomic E-state index is 13.4. The lowest BCUT2D eigenvalue weighted by molar-refractivity contribution is -0.00937. The molecule has 3 aromatic rings. The molecule has 33 heavy (non-hydrogen) atoms. The Labute approximate surface area is 227 Å². The van der Waals surface area contributed by atoms with E-state index in [2.05, 4.69) is 27.3 Å². The Kier molecular flexibility index (Phi) is 8.17. The molecule has 0 aliphatic carbocycles. The van der Waals surface area contributed by atoms with Gasteiger partial charge in [0.1, 0.15) is 0 Å². The van der Waals surface area contributed by atoms with Crippen LogP contribution in [0.2, 0.25) is 0 Å². The highest BCUT2D eigenvalue weighted by Gasteiger charge is 2.45. The van der Waals surface area contributed by atoms with Crippen molar-refractivity contribution in [3.05, 3.63) is 70.4 Å². The number of benzene rings is 3. The SMILES string of the molecule is O=C(OCC(F)(F)S(=O)(=O)O)c1cccc2c(C(=O)Oc3c(I)cc(I)cc3I)cccc12. The minimum absolute atomic E-state index is 0.121. The molecule has 0 spiro atoms. The van der Waals surface area contributed by atoms with Crippen LogP contribution in [0.4, 0.5) is 8.78 Å². The van der Waals surface area contributed by atoms with E-state index in [0.29, 0.717) is 11.1 Å². The normalized spacial score (nSPS) is 11.9. The molecule has 0 saturated heterocycles.